The van der Waals surface area contributed by atoms with Crippen LogP contribution in [0.2, 0.25) is 0 Å². The Morgan fingerprint density at radius 1 is 1.29 bits per heavy atom. The molecule has 0 aliphatic heterocycles. The van der Waals surface area contributed by atoms with Crippen LogP contribution in [0.4, 0.5) is 0 Å². The summed E-state index contributed by atoms with van der Waals surface area (Å²) >= 11 is 0. The molecule has 0 saturated carbocycles. The summed E-state index contributed by atoms with van der Waals surface area (Å²) in [5.41, 5.74) is 8.39. The molecule has 2 aromatic rings. The maximum Gasteiger partial charge on any atom is 0.125 e. The minimum absolute atomic E-state index is 0.495. The molecule has 0 spiro atoms. The molecule has 0 fully saturated rings. The fourth-order valence-electron chi connectivity index (χ4n) is 1.47. The molecule has 0 atom stereocenters. The van der Waals surface area contributed by atoms with Gasteiger partial charge < -0.3 is 10.5 Å². The van der Waals surface area contributed by atoms with E-state index in [1.165, 1.54) is 0 Å². The average molecular weight is 230 g/mol. The van der Waals surface area contributed by atoms with Crippen LogP contribution in [0, 0.1) is 0 Å². The Morgan fingerprint density at radius 2 is 2.06 bits per heavy atom. The highest BCUT2D eigenvalue weighted by Crippen LogP contribution is 2.10. The summed E-state index contributed by atoms with van der Waals surface area (Å²) < 4.78 is 4.91. The number of nitrogens with zero attached hydrogens (tertiary/aromatic N) is 3. The zero-order valence-electron chi connectivity index (χ0n) is 9.63. The third-order valence-electron chi connectivity index (χ3n) is 2.34. The molecule has 2 N–H and O–H groups in total. The molecule has 17 heavy (non-hydrogen) atoms. The van der Waals surface area contributed by atoms with Gasteiger partial charge in [0.05, 0.1) is 24.2 Å². The number of nitrogens with two attached hydrogens (primary N) is 1. The summed E-state index contributed by atoms with van der Waals surface area (Å²) in [7, 11) is 1.64. The number of ether oxygens (including phenoxy) is 1. The van der Waals surface area contributed by atoms with Gasteiger partial charge in [-0.3, -0.25) is 15.0 Å². The van der Waals surface area contributed by atoms with Gasteiger partial charge in [0.2, 0.25) is 0 Å². The monoisotopic (exact) mass is 230 g/mol. The quantitative estimate of drug-likeness (QED) is 0.482. The van der Waals surface area contributed by atoms with Crippen LogP contribution >= 0.6 is 0 Å². The number of fused-ring (bicyclic) bond motifs is 1. The summed E-state index contributed by atoms with van der Waals surface area (Å²) in [4.78, 5) is 12.6. The second-order valence-corrected chi connectivity index (χ2v) is 3.52. The standard InChI is InChI=1S/C12H14N4O/c1-17-7-6-16-12(13)9-2-3-10-11(8-9)15-5-4-14-10/h2-5,8H,6-7H2,1H3,(H2,13,16). The van der Waals surface area contributed by atoms with Gasteiger partial charge in [-0.2, -0.15) is 0 Å². The van der Waals surface area contributed by atoms with Gasteiger partial charge in [-0.1, -0.05) is 0 Å². The number of amidine groups is 1. The molecule has 1 aromatic carbocycles. The molecule has 0 aliphatic rings. The van der Waals surface area contributed by atoms with Crippen molar-refractivity contribution in [1.29, 1.82) is 0 Å². The molecule has 1 heterocycles. The highest BCUT2D eigenvalue weighted by atomic mass is 16.5. The number of methoxy groups -OCH3 is 1. The van der Waals surface area contributed by atoms with E-state index in [4.69, 9.17) is 10.5 Å². The summed E-state index contributed by atoms with van der Waals surface area (Å²) in [5, 5.41) is 0. The largest absolute Gasteiger partial charge is 0.384 e. The lowest BCUT2D eigenvalue weighted by Crippen LogP contribution is -2.14. The van der Waals surface area contributed by atoms with Crippen molar-refractivity contribution in [3.05, 3.63) is 36.2 Å². The Bertz CT molecular complexity index is 539. The molecule has 0 unspecified atom stereocenters. The van der Waals surface area contributed by atoms with Crippen molar-refractivity contribution in [1.82, 2.24) is 9.97 Å². The molecule has 0 amide bonds. The minimum atomic E-state index is 0.495. The fraction of sp³-hybridized carbons (Fsp3) is 0.250. The molecule has 0 bridgehead atoms. The zero-order chi connectivity index (χ0) is 12.1. The van der Waals surface area contributed by atoms with Crippen molar-refractivity contribution in [2.45, 2.75) is 0 Å². The van der Waals surface area contributed by atoms with Gasteiger partial charge in [0.25, 0.3) is 0 Å². The predicted molar refractivity (Wildman–Crippen MR) is 67.0 cm³/mol. The van der Waals surface area contributed by atoms with Crippen LogP contribution in [0.3, 0.4) is 0 Å². The van der Waals surface area contributed by atoms with Crippen molar-refractivity contribution in [3.63, 3.8) is 0 Å². The minimum Gasteiger partial charge on any atom is -0.384 e. The Balaban J connectivity index is 2.26. The van der Waals surface area contributed by atoms with Gasteiger partial charge in [-0.05, 0) is 18.2 Å². The van der Waals surface area contributed by atoms with Crippen LogP contribution in [0.15, 0.2) is 35.6 Å². The highest BCUT2D eigenvalue weighted by molar-refractivity contribution is 5.99. The molecule has 88 valence electrons. The van der Waals surface area contributed by atoms with E-state index in [1.54, 1.807) is 19.5 Å². The van der Waals surface area contributed by atoms with Crippen LogP contribution < -0.4 is 5.73 Å². The smallest absolute Gasteiger partial charge is 0.125 e. The normalized spacial score (nSPS) is 11.9. The van der Waals surface area contributed by atoms with Crippen molar-refractivity contribution in [2.24, 2.45) is 10.7 Å². The summed E-state index contributed by atoms with van der Waals surface area (Å²) in [6, 6.07) is 5.66. The van der Waals surface area contributed by atoms with Crippen molar-refractivity contribution < 1.29 is 4.74 Å². The Kier molecular flexibility index (Phi) is 3.62. The number of aliphatic imine (C=N–C) groups is 1. The van der Waals surface area contributed by atoms with Gasteiger partial charge in [0.1, 0.15) is 5.84 Å². The fourth-order valence-corrected chi connectivity index (χ4v) is 1.47. The van der Waals surface area contributed by atoms with Crippen molar-refractivity contribution in [3.8, 4) is 0 Å². The first-order valence-corrected chi connectivity index (χ1v) is 5.31. The lowest BCUT2D eigenvalue weighted by molar-refractivity contribution is 0.208. The van der Waals surface area contributed by atoms with Gasteiger partial charge in [-0.15, -0.1) is 0 Å². The Labute approximate surface area is 99.4 Å². The van der Waals surface area contributed by atoms with Crippen LogP contribution in [-0.2, 0) is 4.74 Å². The SMILES string of the molecule is COCCN=C(N)c1ccc2nccnc2c1. The van der Waals surface area contributed by atoms with Crippen LogP contribution in [0.5, 0.6) is 0 Å². The molecule has 0 saturated heterocycles. The zero-order valence-corrected chi connectivity index (χ0v) is 9.63. The number of rotatable bonds is 4. The number of hydrogen-bond acceptors (Lipinski definition) is 4. The topological polar surface area (TPSA) is 73.4 Å². The summed E-state index contributed by atoms with van der Waals surface area (Å²) in [6.07, 6.45) is 3.32. The molecule has 5 heteroatoms. The van der Waals surface area contributed by atoms with E-state index in [1.807, 2.05) is 18.2 Å². The van der Waals surface area contributed by atoms with E-state index >= 15 is 0 Å². The molecule has 2 rings (SSSR count). The van der Waals surface area contributed by atoms with Gasteiger partial charge in [0.15, 0.2) is 0 Å². The van der Waals surface area contributed by atoms with E-state index in [9.17, 15) is 0 Å². The van der Waals surface area contributed by atoms with E-state index in [0.29, 0.717) is 19.0 Å². The number of aromatic nitrogens is 2. The summed E-state index contributed by atoms with van der Waals surface area (Å²) in [5.74, 6) is 0.495. The molecule has 1 aromatic heterocycles. The lowest BCUT2D eigenvalue weighted by atomic mass is 10.2. The molecule has 0 aliphatic carbocycles. The second kappa shape index (κ2) is 5.36. The maximum absolute atomic E-state index is 5.87. The first kappa shape index (κ1) is 11.5. The second-order valence-electron chi connectivity index (χ2n) is 3.52. The van der Waals surface area contributed by atoms with E-state index < -0.39 is 0 Å². The Morgan fingerprint density at radius 3 is 2.82 bits per heavy atom. The van der Waals surface area contributed by atoms with Crippen LogP contribution in [-0.4, -0.2) is 36.1 Å². The van der Waals surface area contributed by atoms with Crippen molar-refractivity contribution >= 4 is 16.9 Å². The van der Waals surface area contributed by atoms with Crippen molar-refractivity contribution in [2.75, 3.05) is 20.3 Å². The van der Waals surface area contributed by atoms with E-state index in [0.717, 1.165) is 16.6 Å². The van der Waals surface area contributed by atoms with Gasteiger partial charge >= 0.3 is 0 Å². The third-order valence-corrected chi connectivity index (χ3v) is 2.34. The number of benzene rings is 1. The molecular weight excluding hydrogens is 216 g/mol. The summed E-state index contributed by atoms with van der Waals surface area (Å²) in [6.45, 7) is 1.12. The van der Waals surface area contributed by atoms with Gasteiger partial charge in [-0.25, -0.2) is 0 Å². The average Bonchev–Trinajstić information content (AvgIpc) is 2.38. The first-order chi connectivity index (χ1) is 8.31. The molecule has 5 nitrogen and oxygen atoms in total. The third kappa shape index (κ3) is 2.76. The Hall–Kier alpha value is -2.01. The highest BCUT2D eigenvalue weighted by Gasteiger charge is 2.01. The lowest BCUT2D eigenvalue weighted by Gasteiger charge is -2.02. The molecular formula is C12H14N4O. The van der Waals surface area contributed by atoms with Gasteiger partial charge in [0, 0.05) is 25.1 Å². The first-order valence-electron chi connectivity index (χ1n) is 5.31. The van der Waals surface area contributed by atoms with E-state index in [-0.39, 0.29) is 0 Å². The van der Waals surface area contributed by atoms with Crippen LogP contribution in [0.25, 0.3) is 11.0 Å². The van der Waals surface area contributed by atoms with Crippen LogP contribution in [0.1, 0.15) is 5.56 Å². The predicted octanol–water partition coefficient (Wildman–Crippen LogP) is 0.982. The molecule has 0 radical (unpaired) electrons. The van der Waals surface area contributed by atoms with E-state index in [2.05, 4.69) is 15.0 Å². The maximum atomic E-state index is 5.87. The number of hydrogen-bond donors (Lipinski definition) is 1.